The maximum atomic E-state index is 5.52. The van der Waals surface area contributed by atoms with Gasteiger partial charge in [0, 0.05) is 25.7 Å². The summed E-state index contributed by atoms with van der Waals surface area (Å²) in [7, 11) is 4.32. The zero-order chi connectivity index (χ0) is 12.3. The standard InChI is InChI=1S/C12H21N5/c1-16(2)11-3-5-17(6-4-11)9-10-7-15-12(13)8-14-10/h7-8,11H,3-6,9H2,1-2H3,(H2,13,15). The lowest BCUT2D eigenvalue weighted by atomic mass is 10.0. The molecule has 0 amide bonds. The minimum absolute atomic E-state index is 0.486. The Bertz CT molecular complexity index is 340. The summed E-state index contributed by atoms with van der Waals surface area (Å²) >= 11 is 0. The SMILES string of the molecule is CN(C)C1CCN(Cc2cnc(N)cn2)CC1. The number of nitrogens with zero attached hydrogens (tertiary/aromatic N) is 4. The summed E-state index contributed by atoms with van der Waals surface area (Å²) in [6.07, 6.45) is 5.86. The zero-order valence-corrected chi connectivity index (χ0v) is 10.6. The van der Waals surface area contributed by atoms with Gasteiger partial charge in [-0.3, -0.25) is 9.88 Å². The fourth-order valence-electron chi connectivity index (χ4n) is 2.27. The van der Waals surface area contributed by atoms with Gasteiger partial charge in [0.25, 0.3) is 0 Å². The maximum absolute atomic E-state index is 5.52. The summed E-state index contributed by atoms with van der Waals surface area (Å²) in [5, 5.41) is 0. The Balaban J connectivity index is 1.84. The van der Waals surface area contributed by atoms with Crippen LogP contribution in [0.3, 0.4) is 0 Å². The highest BCUT2D eigenvalue weighted by atomic mass is 15.2. The maximum Gasteiger partial charge on any atom is 0.141 e. The van der Waals surface area contributed by atoms with Crippen molar-refractivity contribution in [3.8, 4) is 0 Å². The van der Waals surface area contributed by atoms with Crippen LogP contribution in [0.25, 0.3) is 0 Å². The molecule has 1 aliphatic rings. The molecule has 0 spiro atoms. The molecule has 1 aliphatic heterocycles. The van der Waals surface area contributed by atoms with Gasteiger partial charge in [-0.25, -0.2) is 4.98 Å². The Hall–Kier alpha value is -1.20. The van der Waals surface area contributed by atoms with Gasteiger partial charge in [-0.15, -0.1) is 0 Å². The fraction of sp³-hybridized carbons (Fsp3) is 0.667. The molecule has 0 aliphatic carbocycles. The van der Waals surface area contributed by atoms with Crippen LogP contribution >= 0.6 is 0 Å². The molecule has 1 saturated heterocycles. The predicted molar refractivity (Wildman–Crippen MR) is 68.4 cm³/mol. The number of likely N-dealkylation sites (tertiary alicyclic amines) is 1. The Morgan fingerprint density at radius 3 is 2.53 bits per heavy atom. The first-order valence-electron chi connectivity index (χ1n) is 6.10. The van der Waals surface area contributed by atoms with Crippen LogP contribution in [0.1, 0.15) is 18.5 Å². The second-order valence-electron chi connectivity index (χ2n) is 4.90. The molecular weight excluding hydrogens is 214 g/mol. The zero-order valence-electron chi connectivity index (χ0n) is 10.6. The van der Waals surface area contributed by atoms with Gasteiger partial charge < -0.3 is 10.6 Å². The van der Waals surface area contributed by atoms with Crippen molar-refractivity contribution in [2.45, 2.75) is 25.4 Å². The van der Waals surface area contributed by atoms with E-state index in [-0.39, 0.29) is 0 Å². The lowest BCUT2D eigenvalue weighted by Crippen LogP contribution is -2.41. The van der Waals surface area contributed by atoms with Gasteiger partial charge in [0.05, 0.1) is 18.1 Å². The number of piperidine rings is 1. The van der Waals surface area contributed by atoms with E-state index in [4.69, 9.17) is 5.73 Å². The molecule has 5 nitrogen and oxygen atoms in total. The van der Waals surface area contributed by atoms with E-state index < -0.39 is 0 Å². The number of hydrogen-bond acceptors (Lipinski definition) is 5. The van der Waals surface area contributed by atoms with Gasteiger partial charge in [-0.1, -0.05) is 0 Å². The molecule has 2 rings (SSSR count). The van der Waals surface area contributed by atoms with Gasteiger partial charge in [-0.05, 0) is 26.9 Å². The van der Waals surface area contributed by atoms with Gasteiger partial charge in [-0.2, -0.15) is 0 Å². The molecule has 2 heterocycles. The Kier molecular flexibility index (Phi) is 3.91. The summed E-state index contributed by atoms with van der Waals surface area (Å²) in [6, 6.07) is 0.726. The monoisotopic (exact) mass is 235 g/mol. The fourth-order valence-corrected chi connectivity index (χ4v) is 2.27. The van der Waals surface area contributed by atoms with E-state index >= 15 is 0 Å². The number of rotatable bonds is 3. The largest absolute Gasteiger partial charge is 0.382 e. The average Bonchev–Trinajstić information content (AvgIpc) is 2.33. The molecule has 0 unspecified atom stereocenters. The average molecular weight is 235 g/mol. The molecule has 0 radical (unpaired) electrons. The summed E-state index contributed by atoms with van der Waals surface area (Å²) in [6.45, 7) is 3.15. The molecule has 0 saturated carbocycles. The predicted octanol–water partition coefficient (Wildman–Crippen LogP) is 0.585. The van der Waals surface area contributed by atoms with Crippen molar-refractivity contribution in [1.29, 1.82) is 0 Å². The van der Waals surface area contributed by atoms with Crippen molar-refractivity contribution in [3.05, 3.63) is 18.1 Å². The summed E-state index contributed by atoms with van der Waals surface area (Å²) in [5.41, 5.74) is 6.52. The molecule has 0 atom stereocenters. The van der Waals surface area contributed by atoms with E-state index in [1.807, 2.05) is 0 Å². The second-order valence-corrected chi connectivity index (χ2v) is 4.90. The summed E-state index contributed by atoms with van der Waals surface area (Å²) in [5.74, 6) is 0.486. The van der Waals surface area contributed by atoms with Crippen molar-refractivity contribution in [1.82, 2.24) is 19.8 Å². The van der Waals surface area contributed by atoms with Crippen LogP contribution in [0.2, 0.25) is 0 Å². The van der Waals surface area contributed by atoms with Gasteiger partial charge in [0.15, 0.2) is 0 Å². The quantitative estimate of drug-likeness (QED) is 0.830. The molecular formula is C12H21N5. The van der Waals surface area contributed by atoms with Gasteiger partial charge >= 0.3 is 0 Å². The molecule has 1 fully saturated rings. The van der Waals surface area contributed by atoms with Crippen molar-refractivity contribution in [2.75, 3.05) is 32.9 Å². The Labute approximate surface area is 103 Å². The number of aromatic nitrogens is 2. The van der Waals surface area contributed by atoms with E-state index in [2.05, 4.69) is 33.9 Å². The molecule has 0 aromatic carbocycles. The first-order valence-corrected chi connectivity index (χ1v) is 6.10. The molecule has 0 bridgehead atoms. The first kappa shape index (κ1) is 12.3. The van der Waals surface area contributed by atoms with Crippen LogP contribution in [0, 0.1) is 0 Å². The van der Waals surface area contributed by atoms with Crippen LogP contribution in [-0.2, 0) is 6.54 Å². The summed E-state index contributed by atoms with van der Waals surface area (Å²) < 4.78 is 0. The van der Waals surface area contributed by atoms with Crippen LogP contribution in [0.4, 0.5) is 5.82 Å². The minimum Gasteiger partial charge on any atom is -0.382 e. The number of hydrogen-bond donors (Lipinski definition) is 1. The van der Waals surface area contributed by atoms with Gasteiger partial charge in [0.2, 0.25) is 0 Å². The minimum atomic E-state index is 0.486. The first-order chi connectivity index (χ1) is 8.15. The smallest absolute Gasteiger partial charge is 0.141 e. The van der Waals surface area contributed by atoms with Crippen LogP contribution in [-0.4, -0.2) is 53.0 Å². The number of anilines is 1. The van der Waals surface area contributed by atoms with Crippen molar-refractivity contribution in [2.24, 2.45) is 0 Å². The lowest BCUT2D eigenvalue weighted by Gasteiger charge is -2.34. The summed E-state index contributed by atoms with van der Waals surface area (Å²) in [4.78, 5) is 13.1. The highest BCUT2D eigenvalue weighted by molar-refractivity contribution is 5.22. The van der Waals surface area contributed by atoms with Crippen molar-refractivity contribution >= 4 is 5.82 Å². The third-order valence-corrected chi connectivity index (χ3v) is 3.40. The third-order valence-electron chi connectivity index (χ3n) is 3.40. The second kappa shape index (κ2) is 5.42. The van der Waals surface area contributed by atoms with Crippen LogP contribution in [0.15, 0.2) is 12.4 Å². The van der Waals surface area contributed by atoms with E-state index in [9.17, 15) is 0 Å². The van der Waals surface area contributed by atoms with Crippen LogP contribution in [0.5, 0.6) is 0 Å². The van der Waals surface area contributed by atoms with Gasteiger partial charge in [0.1, 0.15) is 5.82 Å². The van der Waals surface area contributed by atoms with Crippen molar-refractivity contribution in [3.63, 3.8) is 0 Å². The molecule has 94 valence electrons. The molecule has 5 heteroatoms. The Morgan fingerprint density at radius 2 is 2.00 bits per heavy atom. The number of nitrogen functional groups attached to an aromatic ring is 1. The topological polar surface area (TPSA) is 58.3 Å². The number of nitrogens with two attached hydrogens (primary N) is 1. The van der Waals surface area contributed by atoms with E-state index in [1.54, 1.807) is 12.4 Å². The van der Waals surface area contributed by atoms with E-state index in [1.165, 1.54) is 12.8 Å². The molecule has 17 heavy (non-hydrogen) atoms. The third kappa shape index (κ3) is 3.38. The highest BCUT2D eigenvalue weighted by Gasteiger charge is 2.20. The van der Waals surface area contributed by atoms with Crippen molar-refractivity contribution < 1.29 is 0 Å². The highest BCUT2D eigenvalue weighted by Crippen LogP contribution is 2.15. The normalized spacial score (nSPS) is 18.8. The molecule has 1 aromatic rings. The van der Waals surface area contributed by atoms with E-state index in [0.717, 1.165) is 31.4 Å². The lowest BCUT2D eigenvalue weighted by molar-refractivity contribution is 0.139. The molecule has 2 N–H and O–H groups in total. The molecule has 1 aromatic heterocycles. The Morgan fingerprint density at radius 1 is 1.29 bits per heavy atom. The van der Waals surface area contributed by atoms with Crippen LogP contribution < -0.4 is 5.73 Å². The van der Waals surface area contributed by atoms with E-state index in [0.29, 0.717) is 5.82 Å².